The van der Waals surface area contributed by atoms with E-state index in [1.165, 1.54) is 0 Å². The number of nitrogens with zero attached hydrogens (tertiary/aromatic N) is 3. The van der Waals surface area contributed by atoms with Gasteiger partial charge < -0.3 is 19.2 Å². The molecular weight excluding hydrogens is 379 g/mol. The molecule has 1 N–H and O–H groups in total. The second kappa shape index (κ2) is 9.10. The third-order valence-corrected chi connectivity index (χ3v) is 4.37. The number of hydrogen-bond acceptors (Lipinski definition) is 7. The summed E-state index contributed by atoms with van der Waals surface area (Å²) in [4.78, 5) is 6.42. The van der Waals surface area contributed by atoms with Gasteiger partial charge in [0.15, 0.2) is 6.61 Å². The Labute approximate surface area is 161 Å². The molecule has 7 nitrogen and oxygen atoms in total. The summed E-state index contributed by atoms with van der Waals surface area (Å²) in [6.07, 6.45) is 0. The summed E-state index contributed by atoms with van der Waals surface area (Å²) >= 11 is 11.9. The molecule has 2 aromatic rings. The summed E-state index contributed by atoms with van der Waals surface area (Å²) in [6.45, 7) is 4.85. The second-order valence-electron chi connectivity index (χ2n) is 5.64. The van der Waals surface area contributed by atoms with Gasteiger partial charge in [-0.2, -0.15) is 10.2 Å². The molecule has 9 heteroatoms. The minimum atomic E-state index is 0.0567. The summed E-state index contributed by atoms with van der Waals surface area (Å²) in [5, 5.41) is 13.3. The Hall–Kier alpha value is -1.98. The zero-order chi connectivity index (χ0) is 18.4. The van der Waals surface area contributed by atoms with Crippen molar-refractivity contribution in [1.82, 2.24) is 9.88 Å². The topological polar surface area (TPSA) is 83.5 Å². The fraction of sp³-hybridized carbons (Fsp3) is 0.412. The fourth-order valence-electron chi connectivity index (χ4n) is 2.51. The Morgan fingerprint density at radius 1 is 1.31 bits per heavy atom. The average Bonchev–Trinajstić information content (AvgIpc) is 3.04. The zero-order valence-electron chi connectivity index (χ0n) is 14.0. The van der Waals surface area contributed by atoms with E-state index in [4.69, 9.17) is 37.1 Å². The molecular formula is C17H18Cl2N4O3. The van der Waals surface area contributed by atoms with Crippen LogP contribution < -0.4 is 10.1 Å². The third-order valence-electron chi connectivity index (χ3n) is 3.84. The van der Waals surface area contributed by atoms with Crippen LogP contribution in [-0.2, 0) is 11.3 Å². The molecule has 0 bridgehead atoms. The number of nitrogens with one attached hydrogen (secondary N) is 1. The van der Waals surface area contributed by atoms with Crippen molar-refractivity contribution in [1.29, 1.82) is 5.26 Å². The summed E-state index contributed by atoms with van der Waals surface area (Å²) in [5.41, 5.74) is 0.202. The molecule has 1 aliphatic heterocycles. The highest BCUT2D eigenvalue weighted by Gasteiger charge is 2.15. The van der Waals surface area contributed by atoms with Gasteiger partial charge in [-0.25, -0.2) is 0 Å². The molecule has 26 heavy (non-hydrogen) atoms. The summed E-state index contributed by atoms with van der Waals surface area (Å²) < 4.78 is 16.5. The van der Waals surface area contributed by atoms with Crippen LogP contribution in [0.4, 0.5) is 5.88 Å². The standard InChI is InChI=1S/C17H18Cl2N4O3/c18-12-1-2-15(13(19)9-12)25-11-16-22-14(10-20)17(26-16)21-3-4-23-5-7-24-8-6-23/h1-2,9,21H,3-8,11H2. The van der Waals surface area contributed by atoms with E-state index in [9.17, 15) is 5.26 Å². The largest absolute Gasteiger partial charge is 0.482 e. The highest BCUT2D eigenvalue weighted by molar-refractivity contribution is 6.35. The minimum Gasteiger partial charge on any atom is -0.482 e. The molecule has 1 aromatic heterocycles. The number of rotatable bonds is 7. The molecule has 1 aromatic carbocycles. The number of halogens is 2. The van der Waals surface area contributed by atoms with Crippen LogP contribution in [0.2, 0.25) is 10.0 Å². The van der Waals surface area contributed by atoms with Crippen LogP contribution in [0.25, 0.3) is 0 Å². The van der Waals surface area contributed by atoms with Gasteiger partial charge in [0.25, 0.3) is 0 Å². The summed E-state index contributed by atoms with van der Waals surface area (Å²) in [6, 6.07) is 6.96. The molecule has 0 aliphatic carbocycles. The van der Waals surface area contributed by atoms with Crippen LogP contribution in [0.1, 0.15) is 11.6 Å². The Balaban J connectivity index is 1.55. The predicted molar refractivity (Wildman–Crippen MR) is 97.8 cm³/mol. The van der Waals surface area contributed by atoms with Crippen LogP contribution in [0.3, 0.4) is 0 Å². The maximum Gasteiger partial charge on any atom is 0.236 e. The van der Waals surface area contributed by atoms with E-state index >= 15 is 0 Å². The Bertz CT molecular complexity index is 785. The number of nitriles is 1. The van der Waals surface area contributed by atoms with Gasteiger partial charge in [-0.3, -0.25) is 4.90 Å². The van der Waals surface area contributed by atoms with E-state index in [1.54, 1.807) is 18.2 Å². The molecule has 1 saturated heterocycles. The molecule has 0 spiro atoms. The molecule has 3 rings (SSSR count). The smallest absolute Gasteiger partial charge is 0.236 e. The average molecular weight is 397 g/mol. The van der Waals surface area contributed by atoms with Crippen LogP contribution in [0.15, 0.2) is 22.6 Å². The lowest BCUT2D eigenvalue weighted by Crippen LogP contribution is -2.39. The van der Waals surface area contributed by atoms with Crippen molar-refractivity contribution in [3.63, 3.8) is 0 Å². The van der Waals surface area contributed by atoms with Crippen LogP contribution in [0, 0.1) is 11.3 Å². The van der Waals surface area contributed by atoms with Gasteiger partial charge in [-0.15, -0.1) is 0 Å². The van der Waals surface area contributed by atoms with Crippen LogP contribution in [-0.4, -0.2) is 49.3 Å². The lowest BCUT2D eigenvalue weighted by molar-refractivity contribution is 0.0398. The van der Waals surface area contributed by atoms with E-state index in [2.05, 4.69) is 15.2 Å². The van der Waals surface area contributed by atoms with E-state index < -0.39 is 0 Å². The van der Waals surface area contributed by atoms with Gasteiger partial charge >= 0.3 is 0 Å². The Kier molecular flexibility index (Phi) is 6.58. The Morgan fingerprint density at radius 2 is 2.12 bits per heavy atom. The molecule has 0 saturated carbocycles. The van der Waals surface area contributed by atoms with Crippen molar-refractivity contribution in [2.24, 2.45) is 0 Å². The van der Waals surface area contributed by atoms with Gasteiger partial charge in [0.05, 0.1) is 18.2 Å². The third kappa shape index (κ3) is 5.02. The first-order valence-corrected chi connectivity index (χ1v) is 8.93. The SMILES string of the molecule is N#Cc1nc(COc2ccc(Cl)cc2Cl)oc1NCCN1CCOCC1. The van der Waals surface area contributed by atoms with Gasteiger partial charge in [-0.05, 0) is 18.2 Å². The lowest BCUT2D eigenvalue weighted by atomic mass is 10.3. The van der Waals surface area contributed by atoms with Crippen molar-refractivity contribution < 1.29 is 13.9 Å². The van der Waals surface area contributed by atoms with E-state index in [0.29, 0.717) is 34.1 Å². The fourth-order valence-corrected chi connectivity index (χ4v) is 2.97. The van der Waals surface area contributed by atoms with Crippen molar-refractivity contribution in [2.45, 2.75) is 6.61 Å². The number of ether oxygens (including phenoxy) is 2. The first kappa shape index (κ1) is 18.8. The lowest BCUT2D eigenvalue weighted by Gasteiger charge is -2.26. The summed E-state index contributed by atoms with van der Waals surface area (Å²) in [7, 11) is 0. The van der Waals surface area contributed by atoms with E-state index in [1.807, 2.05) is 6.07 Å². The number of aromatic nitrogens is 1. The van der Waals surface area contributed by atoms with Crippen LogP contribution >= 0.6 is 23.2 Å². The predicted octanol–water partition coefficient (Wildman–Crippen LogP) is 3.18. The van der Waals surface area contributed by atoms with E-state index in [0.717, 1.165) is 32.8 Å². The molecule has 0 atom stereocenters. The number of benzene rings is 1. The first-order valence-electron chi connectivity index (χ1n) is 8.17. The Morgan fingerprint density at radius 3 is 2.85 bits per heavy atom. The minimum absolute atomic E-state index is 0.0567. The molecule has 0 radical (unpaired) electrons. The highest BCUT2D eigenvalue weighted by Crippen LogP contribution is 2.28. The normalized spacial score (nSPS) is 14.8. The number of oxazole rings is 1. The van der Waals surface area contributed by atoms with Crippen LogP contribution in [0.5, 0.6) is 5.75 Å². The van der Waals surface area contributed by atoms with Gasteiger partial charge in [0.1, 0.15) is 11.8 Å². The maximum atomic E-state index is 9.22. The van der Waals surface area contributed by atoms with Gasteiger partial charge in [0.2, 0.25) is 17.5 Å². The molecule has 2 heterocycles. The molecule has 1 fully saturated rings. The maximum absolute atomic E-state index is 9.22. The highest BCUT2D eigenvalue weighted by atomic mass is 35.5. The summed E-state index contributed by atoms with van der Waals surface area (Å²) in [5.74, 6) is 1.11. The second-order valence-corrected chi connectivity index (χ2v) is 6.48. The van der Waals surface area contributed by atoms with Crippen molar-refractivity contribution >= 4 is 29.1 Å². The molecule has 1 aliphatic rings. The monoisotopic (exact) mass is 396 g/mol. The van der Waals surface area contributed by atoms with Gasteiger partial charge in [0, 0.05) is 31.2 Å². The zero-order valence-corrected chi connectivity index (χ0v) is 15.5. The number of hydrogen-bond donors (Lipinski definition) is 1. The van der Waals surface area contributed by atoms with Gasteiger partial charge in [-0.1, -0.05) is 23.2 Å². The molecule has 138 valence electrons. The number of morpholine rings is 1. The molecule has 0 unspecified atom stereocenters. The molecule has 0 amide bonds. The number of anilines is 1. The van der Waals surface area contributed by atoms with Crippen molar-refractivity contribution in [3.05, 3.63) is 39.8 Å². The van der Waals surface area contributed by atoms with Crippen molar-refractivity contribution in [2.75, 3.05) is 44.7 Å². The quantitative estimate of drug-likeness (QED) is 0.768. The van der Waals surface area contributed by atoms with E-state index in [-0.39, 0.29) is 12.3 Å². The van der Waals surface area contributed by atoms with Crippen molar-refractivity contribution in [3.8, 4) is 11.8 Å². The first-order chi connectivity index (χ1) is 12.7.